The van der Waals surface area contributed by atoms with E-state index in [0.717, 1.165) is 13.1 Å². The molecule has 0 aliphatic carbocycles. The third-order valence-electron chi connectivity index (χ3n) is 2.81. The zero-order valence-corrected chi connectivity index (χ0v) is 10.1. The van der Waals surface area contributed by atoms with E-state index in [1.807, 2.05) is 4.90 Å². The molecule has 1 unspecified atom stereocenters. The fraction of sp³-hybridized carbons (Fsp3) is 0.700. The van der Waals surface area contributed by atoms with Crippen LogP contribution in [0.15, 0.2) is 4.52 Å². The first-order chi connectivity index (χ1) is 8.20. The average Bonchev–Trinajstić information content (AvgIpc) is 2.74. The predicted molar refractivity (Wildman–Crippen MR) is 60.2 cm³/mol. The molecular weight excluding hydrogens is 222 g/mol. The van der Waals surface area contributed by atoms with Gasteiger partial charge in [-0.2, -0.15) is 4.98 Å². The number of carbonyl (C=O) groups is 1. The summed E-state index contributed by atoms with van der Waals surface area (Å²) in [5, 5.41) is 9.61. The lowest BCUT2D eigenvalue weighted by Crippen LogP contribution is -2.56. The Morgan fingerprint density at radius 3 is 3.18 bits per heavy atom. The number of hydrogen-bond donors (Lipinski definition) is 2. The van der Waals surface area contributed by atoms with Gasteiger partial charge in [-0.15, -0.1) is 0 Å². The van der Waals surface area contributed by atoms with Crippen molar-refractivity contribution in [2.45, 2.75) is 19.5 Å². The SMILES string of the molecule is CNC(=O)C1CNCCN1Cc1nc(C)no1. The van der Waals surface area contributed by atoms with E-state index in [1.54, 1.807) is 14.0 Å². The second kappa shape index (κ2) is 5.24. The number of rotatable bonds is 3. The van der Waals surface area contributed by atoms with Crippen molar-refractivity contribution in [2.24, 2.45) is 0 Å². The summed E-state index contributed by atoms with van der Waals surface area (Å²) >= 11 is 0. The van der Waals surface area contributed by atoms with Crippen LogP contribution < -0.4 is 10.6 Å². The van der Waals surface area contributed by atoms with Crippen molar-refractivity contribution >= 4 is 5.91 Å². The van der Waals surface area contributed by atoms with Gasteiger partial charge < -0.3 is 15.2 Å². The molecule has 1 aromatic rings. The fourth-order valence-corrected chi connectivity index (χ4v) is 1.94. The predicted octanol–water partition coefficient (Wildman–Crippen LogP) is -1.10. The Labute approximate surface area is 99.6 Å². The number of nitrogens with one attached hydrogen (secondary N) is 2. The first-order valence-corrected chi connectivity index (χ1v) is 5.66. The Kier molecular flexibility index (Phi) is 3.70. The van der Waals surface area contributed by atoms with Gasteiger partial charge in [-0.25, -0.2) is 0 Å². The molecule has 1 aromatic heterocycles. The molecule has 7 heteroatoms. The number of amides is 1. The molecule has 2 rings (SSSR count). The molecule has 0 spiro atoms. The number of hydrogen-bond acceptors (Lipinski definition) is 6. The van der Waals surface area contributed by atoms with Crippen LogP contribution in [0.3, 0.4) is 0 Å². The Balaban J connectivity index is 2.03. The molecule has 17 heavy (non-hydrogen) atoms. The van der Waals surface area contributed by atoms with Crippen molar-refractivity contribution in [1.29, 1.82) is 0 Å². The van der Waals surface area contributed by atoms with E-state index in [9.17, 15) is 4.79 Å². The lowest BCUT2D eigenvalue weighted by molar-refractivity contribution is -0.126. The van der Waals surface area contributed by atoms with Crippen LogP contribution >= 0.6 is 0 Å². The third kappa shape index (κ3) is 2.80. The van der Waals surface area contributed by atoms with Crippen LogP contribution in [0.4, 0.5) is 0 Å². The van der Waals surface area contributed by atoms with E-state index < -0.39 is 0 Å². The van der Waals surface area contributed by atoms with Crippen molar-refractivity contribution in [3.63, 3.8) is 0 Å². The normalized spacial score (nSPS) is 21.4. The molecule has 1 amide bonds. The van der Waals surface area contributed by atoms with E-state index in [0.29, 0.717) is 24.8 Å². The summed E-state index contributed by atoms with van der Waals surface area (Å²) in [4.78, 5) is 17.9. The summed E-state index contributed by atoms with van der Waals surface area (Å²) in [7, 11) is 1.64. The standard InChI is InChI=1S/C10H17N5O2/c1-7-13-9(17-14-7)6-15-4-3-12-5-8(15)10(16)11-2/h8,12H,3-6H2,1-2H3,(H,11,16). The highest BCUT2D eigenvalue weighted by Crippen LogP contribution is 2.09. The highest BCUT2D eigenvalue weighted by Gasteiger charge is 2.28. The molecule has 94 valence electrons. The van der Waals surface area contributed by atoms with Gasteiger partial charge >= 0.3 is 0 Å². The number of likely N-dealkylation sites (N-methyl/N-ethyl adjacent to an activating group) is 1. The monoisotopic (exact) mass is 239 g/mol. The minimum atomic E-state index is -0.180. The van der Waals surface area contributed by atoms with Gasteiger partial charge in [0.1, 0.15) is 6.04 Å². The molecule has 1 fully saturated rings. The Morgan fingerprint density at radius 1 is 1.71 bits per heavy atom. The van der Waals surface area contributed by atoms with Gasteiger partial charge in [0.05, 0.1) is 6.54 Å². The molecule has 2 N–H and O–H groups in total. The van der Waals surface area contributed by atoms with Crippen LogP contribution in [-0.2, 0) is 11.3 Å². The highest BCUT2D eigenvalue weighted by molar-refractivity contribution is 5.81. The minimum absolute atomic E-state index is 0.00781. The van der Waals surface area contributed by atoms with Crippen LogP contribution in [0.1, 0.15) is 11.7 Å². The third-order valence-corrected chi connectivity index (χ3v) is 2.81. The summed E-state index contributed by atoms with van der Waals surface area (Å²) in [5.41, 5.74) is 0. The zero-order chi connectivity index (χ0) is 12.3. The summed E-state index contributed by atoms with van der Waals surface area (Å²) < 4.78 is 5.07. The highest BCUT2D eigenvalue weighted by atomic mass is 16.5. The second-order valence-electron chi connectivity index (χ2n) is 4.04. The smallest absolute Gasteiger partial charge is 0.240 e. The van der Waals surface area contributed by atoms with Crippen molar-refractivity contribution in [3.8, 4) is 0 Å². The van der Waals surface area contributed by atoms with E-state index in [2.05, 4.69) is 20.8 Å². The summed E-state index contributed by atoms with van der Waals surface area (Å²) in [6, 6.07) is -0.180. The summed E-state index contributed by atoms with van der Waals surface area (Å²) in [5.74, 6) is 1.18. The van der Waals surface area contributed by atoms with Gasteiger partial charge in [0.2, 0.25) is 11.8 Å². The maximum Gasteiger partial charge on any atom is 0.240 e. The summed E-state index contributed by atoms with van der Waals surface area (Å²) in [6.45, 7) is 4.59. The lowest BCUT2D eigenvalue weighted by Gasteiger charge is -2.33. The van der Waals surface area contributed by atoms with Gasteiger partial charge in [0.25, 0.3) is 0 Å². The first kappa shape index (κ1) is 12.0. The van der Waals surface area contributed by atoms with Gasteiger partial charge in [-0.1, -0.05) is 5.16 Å². The van der Waals surface area contributed by atoms with Crippen molar-refractivity contribution in [2.75, 3.05) is 26.7 Å². The van der Waals surface area contributed by atoms with Gasteiger partial charge in [-0.05, 0) is 6.92 Å². The van der Waals surface area contributed by atoms with Gasteiger partial charge in [-0.3, -0.25) is 9.69 Å². The molecular formula is C10H17N5O2. The Hall–Kier alpha value is -1.47. The maximum absolute atomic E-state index is 11.7. The largest absolute Gasteiger partial charge is 0.358 e. The van der Waals surface area contributed by atoms with Gasteiger partial charge in [0.15, 0.2) is 5.82 Å². The number of nitrogens with zero attached hydrogens (tertiary/aromatic N) is 3. The molecule has 0 radical (unpaired) electrons. The molecule has 0 aromatic carbocycles. The fourth-order valence-electron chi connectivity index (χ4n) is 1.94. The molecule has 0 bridgehead atoms. The zero-order valence-electron chi connectivity index (χ0n) is 10.1. The van der Waals surface area contributed by atoms with E-state index in [1.165, 1.54) is 0 Å². The molecule has 2 heterocycles. The van der Waals surface area contributed by atoms with E-state index in [4.69, 9.17) is 4.52 Å². The molecule has 1 aliphatic heterocycles. The average molecular weight is 239 g/mol. The number of aryl methyl sites for hydroxylation is 1. The first-order valence-electron chi connectivity index (χ1n) is 5.66. The maximum atomic E-state index is 11.7. The van der Waals surface area contributed by atoms with Gasteiger partial charge in [0, 0.05) is 26.7 Å². The Bertz CT molecular complexity index is 392. The van der Waals surface area contributed by atoms with Crippen LogP contribution in [0.5, 0.6) is 0 Å². The lowest BCUT2D eigenvalue weighted by atomic mass is 10.2. The number of carbonyl (C=O) groups excluding carboxylic acids is 1. The molecule has 0 saturated carbocycles. The van der Waals surface area contributed by atoms with Crippen LogP contribution in [0.2, 0.25) is 0 Å². The number of aromatic nitrogens is 2. The van der Waals surface area contributed by atoms with Crippen molar-refractivity contribution in [3.05, 3.63) is 11.7 Å². The molecule has 7 nitrogen and oxygen atoms in total. The second-order valence-corrected chi connectivity index (χ2v) is 4.04. The van der Waals surface area contributed by atoms with E-state index >= 15 is 0 Å². The van der Waals surface area contributed by atoms with E-state index in [-0.39, 0.29) is 11.9 Å². The van der Waals surface area contributed by atoms with Crippen LogP contribution in [-0.4, -0.2) is 53.7 Å². The van der Waals surface area contributed by atoms with Crippen LogP contribution in [0.25, 0.3) is 0 Å². The van der Waals surface area contributed by atoms with Crippen molar-refractivity contribution in [1.82, 2.24) is 25.7 Å². The number of piperazine rings is 1. The Morgan fingerprint density at radius 2 is 2.53 bits per heavy atom. The van der Waals surface area contributed by atoms with Crippen LogP contribution in [0, 0.1) is 6.92 Å². The molecule has 1 aliphatic rings. The minimum Gasteiger partial charge on any atom is -0.358 e. The summed E-state index contributed by atoms with van der Waals surface area (Å²) in [6.07, 6.45) is 0. The topological polar surface area (TPSA) is 83.3 Å². The molecule has 1 atom stereocenters. The quantitative estimate of drug-likeness (QED) is 0.696. The molecule has 1 saturated heterocycles. The van der Waals surface area contributed by atoms with Crippen molar-refractivity contribution < 1.29 is 9.32 Å².